The van der Waals surface area contributed by atoms with Gasteiger partial charge in [-0.25, -0.2) is 9.78 Å². The third kappa shape index (κ3) is 6.21. The topological polar surface area (TPSA) is 106 Å². The van der Waals surface area contributed by atoms with Crippen molar-refractivity contribution in [3.63, 3.8) is 0 Å². The van der Waals surface area contributed by atoms with Gasteiger partial charge in [-0.1, -0.05) is 20.8 Å². The molecule has 1 amide bonds. The fraction of sp³-hybridized carbons (Fsp3) is 0.652. The Labute approximate surface area is 196 Å². The Balaban J connectivity index is 1.72. The van der Waals surface area contributed by atoms with Gasteiger partial charge in [-0.3, -0.25) is 9.59 Å². The normalized spacial score (nSPS) is 22.6. The fourth-order valence-corrected chi connectivity index (χ4v) is 4.73. The molecule has 1 aromatic rings. The number of likely N-dealkylation sites (tertiary alicyclic amines) is 1. The molecule has 1 aliphatic carbocycles. The number of amides is 1. The Morgan fingerprint density at radius 1 is 1.25 bits per heavy atom. The minimum Gasteiger partial charge on any atom is -0.488 e. The molecule has 8 nitrogen and oxygen atoms in total. The third-order valence-electron chi connectivity index (χ3n) is 6.15. The van der Waals surface area contributed by atoms with Gasteiger partial charge in [-0.15, -0.1) is 0 Å². The number of ether oxygens (including phenoxy) is 2. The van der Waals surface area contributed by atoms with Gasteiger partial charge < -0.3 is 19.5 Å². The third-order valence-corrected chi connectivity index (χ3v) is 6.58. The fourth-order valence-electron chi connectivity index (χ4n) is 4.38. The van der Waals surface area contributed by atoms with Gasteiger partial charge in [0.2, 0.25) is 5.91 Å². The lowest BCUT2D eigenvalue weighted by molar-refractivity contribution is -0.157. The van der Waals surface area contributed by atoms with E-state index in [9.17, 15) is 19.5 Å². The van der Waals surface area contributed by atoms with Crippen molar-refractivity contribution in [2.45, 2.75) is 77.5 Å². The minimum absolute atomic E-state index is 0.0650. The van der Waals surface area contributed by atoms with E-state index in [1.165, 1.54) is 4.90 Å². The lowest BCUT2D eigenvalue weighted by Crippen LogP contribution is -2.47. The number of rotatable bonds is 7. The molecule has 0 bridgehead atoms. The van der Waals surface area contributed by atoms with E-state index in [0.29, 0.717) is 10.4 Å². The van der Waals surface area contributed by atoms with Crippen molar-refractivity contribution < 1.29 is 29.0 Å². The van der Waals surface area contributed by atoms with Crippen LogP contribution in [0.3, 0.4) is 0 Å². The van der Waals surface area contributed by atoms with E-state index in [-0.39, 0.29) is 31.4 Å². The first-order chi connectivity index (χ1) is 15.0. The first-order valence-corrected chi connectivity index (χ1v) is 11.8. The zero-order valence-electron chi connectivity index (χ0n) is 18.8. The van der Waals surface area contributed by atoms with Crippen molar-refractivity contribution in [1.82, 2.24) is 9.88 Å². The summed E-state index contributed by atoms with van der Waals surface area (Å²) in [6.45, 7) is 5.78. The van der Waals surface area contributed by atoms with Crippen LogP contribution < -0.4 is 4.74 Å². The lowest BCUT2D eigenvalue weighted by Gasteiger charge is -2.34. The number of aliphatic carboxylic acids is 1. The van der Waals surface area contributed by atoms with Crippen LogP contribution in [0.1, 0.15) is 59.3 Å². The maximum absolute atomic E-state index is 13.5. The van der Waals surface area contributed by atoms with Gasteiger partial charge in [0.1, 0.15) is 28.6 Å². The van der Waals surface area contributed by atoms with Crippen LogP contribution in [0.15, 0.2) is 22.9 Å². The monoisotopic (exact) mass is 510 g/mol. The molecule has 2 fully saturated rings. The number of pyridine rings is 1. The van der Waals surface area contributed by atoms with Gasteiger partial charge in [0.05, 0.1) is 18.9 Å². The summed E-state index contributed by atoms with van der Waals surface area (Å²) in [6.07, 6.45) is 4.95. The molecule has 32 heavy (non-hydrogen) atoms. The molecule has 1 saturated heterocycles. The highest BCUT2D eigenvalue weighted by Crippen LogP contribution is 2.35. The van der Waals surface area contributed by atoms with Gasteiger partial charge >= 0.3 is 11.9 Å². The summed E-state index contributed by atoms with van der Waals surface area (Å²) >= 11 is 3.28. The van der Waals surface area contributed by atoms with Gasteiger partial charge in [-0.05, 0) is 53.1 Å². The van der Waals surface area contributed by atoms with E-state index < -0.39 is 35.4 Å². The number of esters is 1. The number of aromatic nitrogens is 1. The van der Waals surface area contributed by atoms with Crippen LogP contribution in [-0.4, -0.2) is 57.6 Å². The molecular formula is C23H31BrN2O6. The largest absolute Gasteiger partial charge is 0.488 e. The number of carboxylic acids is 1. The van der Waals surface area contributed by atoms with E-state index in [1.807, 2.05) is 20.8 Å². The summed E-state index contributed by atoms with van der Waals surface area (Å²) < 4.78 is 12.1. The van der Waals surface area contributed by atoms with Crippen LogP contribution in [0.5, 0.6) is 5.75 Å². The Morgan fingerprint density at radius 2 is 1.94 bits per heavy atom. The Hall–Kier alpha value is -2.16. The maximum Gasteiger partial charge on any atom is 0.326 e. The highest BCUT2D eigenvalue weighted by atomic mass is 79.9. The van der Waals surface area contributed by atoms with Gasteiger partial charge in [0, 0.05) is 18.7 Å². The molecule has 9 heteroatoms. The second kappa shape index (κ2) is 10.2. The lowest BCUT2D eigenvalue weighted by atomic mass is 9.77. The molecule has 2 aliphatic rings. The van der Waals surface area contributed by atoms with E-state index in [4.69, 9.17) is 9.47 Å². The predicted octanol–water partition coefficient (Wildman–Crippen LogP) is 3.82. The molecule has 3 atom stereocenters. The van der Waals surface area contributed by atoms with Crippen LogP contribution >= 0.6 is 15.9 Å². The minimum atomic E-state index is -1.08. The quantitative estimate of drug-likeness (QED) is 0.438. The number of carbonyl (C=O) groups excluding carboxylic acids is 2. The molecule has 1 saturated carbocycles. The average molecular weight is 511 g/mol. The maximum atomic E-state index is 13.5. The molecule has 1 aromatic heterocycles. The first kappa shape index (κ1) is 24.5. The van der Waals surface area contributed by atoms with Crippen LogP contribution in [0.4, 0.5) is 0 Å². The molecule has 176 valence electrons. The van der Waals surface area contributed by atoms with Crippen molar-refractivity contribution in [2.75, 3.05) is 6.54 Å². The van der Waals surface area contributed by atoms with E-state index in [1.54, 1.807) is 18.3 Å². The molecule has 0 unspecified atom stereocenters. The summed E-state index contributed by atoms with van der Waals surface area (Å²) in [6, 6.07) is 2.37. The second-order valence-corrected chi connectivity index (χ2v) is 10.5. The summed E-state index contributed by atoms with van der Waals surface area (Å²) in [5.74, 6) is -1.97. The average Bonchev–Trinajstić information content (AvgIpc) is 3.34. The van der Waals surface area contributed by atoms with Crippen molar-refractivity contribution in [3.8, 4) is 5.75 Å². The molecule has 0 aromatic carbocycles. The summed E-state index contributed by atoms with van der Waals surface area (Å²) in [5, 5.41) is 9.76. The Morgan fingerprint density at radius 3 is 2.53 bits per heavy atom. The van der Waals surface area contributed by atoms with Crippen LogP contribution in [0.25, 0.3) is 0 Å². The number of halogens is 1. The number of hydrogen-bond acceptors (Lipinski definition) is 6. The summed E-state index contributed by atoms with van der Waals surface area (Å²) in [5.41, 5.74) is -0.538. The highest BCUT2D eigenvalue weighted by molar-refractivity contribution is 9.10. The Bertz CT molecular complexity index is 849. The number of hydrogen-bond donors (Lipinski definition) is 1. The molecule has 3 rings (SSSR count). The Kier molecular flexibility index (Phi) is 7.79. The van der Waals surface area contributed by atoms with E-state index in [0.717, 1.165) is 25.7 Å². The van der Waals surface area contributed by atoms with Crippen molar-refractivity contribution in [2.24, 2.45) is 11.3 Å². The first-order valence-electron chi connectivity index (χ1n) is 11.1. The predicted molar refractivity (Wildman–Crippen MR) is 120 cm³/mol. The smallest absolute Gasteiger partial charge is 0.326 e. The molecular weight excluding hydrogens is 480 g/mol. The van der Waals surface area contributed by atoms with Crippen molar-refractivity contribution >= 4 is 33.8 Å². The summed E-state index contributed by atoms with van der Waals surface area (Å²) in [7, 11) is 0. The van der Waals surface area contributed by atoms with Crippen molar-refractivity contribution in [3.05, 3.63) is 22.9 Å². The van der Waals surface area contributed by atoms with Gasteiger partial charge in [0.15, 0.2) is 0 Å². The SMILES string of the molecule is CC(C)(C)[C@H](CC(=O)OC1CCCC1)C(=O)N1C[C@H](Oc2ccnc(Br)c2)C[C@H]1C(=O)O. The molecule has 1 aliphatic heterocycles. The van der Waals surface area contributed by atoms with Crippen LogP contribution in [-0.2, 0) is 19.1 Å². The van der Waals surface area contributed by atoms with Gasteiger partial charge in [0.25, 0.3) is 0 Å². The van der Waals surface area contributed by atoms with Gasteiger partial charge in [-0.2, -0.15) is 0 Å². The zero-order chi connectivity index (χ0) is 23.5. The van der Waals surface area contributed by atoms with E-state index >= 15 is 0 Å². The number of carbonyl (C=O) groups is 3. The zero-order valence-corrected chi connectivity index (χ0v) is 20.3. The molecule has 2 heterocycles. The highest BCUT2D eigenvalue weighted by Gasteiger charge is 2.46. The van der Waals surface area contributed by atoms with Crippen LogP contribution in [0, 0.1) is 11.3 Å². The standard InChI is InChI=1S/C23H31BrN2O6/c1-23(2,3)17(12-20(27)32-14-6-4-5-7-14)21(28)26-13-16(10-18(26)22(29)30)31-15-8-9-25-19(24)11-15/h8-9,11,14,16-18H,4-7,10,12-13H2,1-3H3,(H,29,30)/t16-,17-,18+/m1/s1. The van der Waals surface area contributed by atoms with Crippen molar-refractivity contribution in [1.29, 1.82) is 0 Å². The molecule has 1 N–H and O–H groups in total. The molecule has 0 radical (unpaired) electrons. The number of nitrogens with zero attached hydrogens (tertiary/aromatic N) is 2. The van der Waals surface area contributed by atoms with E-state index in [2.05, 4.69) is 20.9 Å². The number of carboxylic acid groups (broad SMARTS) is 1. The van der Waals surface area contributed by atoms with Crippen LogP contribution in [0.2, 0.25) is 0 Å². The molecule has 0 spiro atoms. The summed E-state index contributed by atoms with van der Waals surface area (Å²) in [4.78, 5) is 43.4. The second-order valence-electron chi connectivity index (χ2n) is 9.65.